The smallest absolute Gasteiger partial charge is 0.356 e. The van der Waals surface area contributed by atoms with E-state index >= 15 is 0 Å². The summed E-state index contributed by atoms with van der Waals surface area (Å²) in [7, 11) is 1.30. The first-order valence-electron chi connectivity index (χ1n) is 4.95. The van der Waals surface area contributed by atoms with Gasteiger partial charge in [-0.25, -0.2) is 4.79 Å². The van der Waals surface area contributed by atoms with Crippen molar-refractivity contribution >= 4 is 23.3 Å². The monoisotopic (exact) mass is 250 g/mol. The lowest BCUT2D eigenvalue weighted by atomic mass is 10.1. The van der Waals surface area contributed by atoms with E-state index in [0.29, 0.717) is 16.3 Å². The highest BCUT2D eigenvalue weighted by Crippen LogP contribution is 2.33. The summed E-state index contributed by atoms with van der Waals surface area (Å²) in [5, 5.41) is 0.578. The molecule has 5 heteroatoms. The van der Waals surface area contributed by atoms with E-state index in [-0.39, 0.29) is 5.69 Å². The Kier molecular flexibility index (Phi) is 3.06. The molecule has 4 nitrogen and oxygen atoms in total. The Morgan fingerprint density at radius 2 is 2.06 bits per heavy atom. The van der Waals surface area contributed by atoms with Crippen LogP contribution in [0.4, 0.5) is 5.69 Å². The third kappa shape index (κ3) is 1.99. The van der Waals surface area contributed by atoms with Gasteiger partial charge < -0.3 is 15.5 Å². The molecule has 1 heterocycles. The Morgan fingerprint density at radius 1 is 1.35 bits per heavy atom. The van der Waals surface area contributed by atoms with E-state index in [4.69, 9.17) is 17.3 Å². The van der Waals surface area contributed by atoms with E-state index in [1.165, 1.54) is 7.11 Å². The van der Waals surface area contributed by atoms with Gasteiger partial charge in [-0.3, -0.25) is 0 Å². The lowest BCUT2D eigenvalue weighted by molar-refractivity contribution is 0.0596. The van der Waals surface area contributed by atoms with Gasteiger partial charge in [-0.2, -0.15) is 0 Å². The summed E-state index contributed by atoms with van der Waals surface area (Å²) in [5.74, 6) is -0.499. The van der Waals surface area contributed by atoms with E-state index in [0.717, 1.165) is 5.56 Å². The molecule has 0 saturated carbocycles. The number of nitrogens with one attached hydrogen (secondary N) is 1. The van der Waals surface area contributed by atoms with Crippen LogP contribution >= 0.6 is 11.6 Å². The second-order valence-electron chi connectivity index (χ2n) is 3.46. The molecule has 0 amide bonds. The van der Waals surface area contributed by atoms with Crippen LogP contribution in [0.1, 0.15) is 10.5 Å². The van der Waals surface area contributed by atoms with Crippen molar-refractivity contribution in [1.82, 2.24) is 4.98 Å². The number of esters is 1. The fraction of sp³-hybridized carbons (Fsp3) is 0.0833. The number of hydrogen-bond acceptors (Lipinski definition) is 3. The van der Waals surface area contributed by atoms with Crippen molar-refractivity contribution < 1.29 is 9.53 Å². The number of aromatic nitrogens is 1. The van der Waals surface area contributed by atoms with Gasteiger partial charge in [0.2, 0.25) is 0 Å². The van der Waals surface area contributed by atoms with E-state index < -0.39 is 5.97 Å². The topological polar surface area (TPSA) is 68.1 Å². The second kappa shape index (κ2) is 4.51. The molecular formula is C12H11ClN2O2. The normalized spacial score (nSPS) is 10.2. The number of rotatable bonds is 2. The molecule has 0 aliphatic rings. The Balaban J connectivity index is 2.52. The van der Waals surface area contributed by atoms with Crippen molar-refractivity contribution in [3.8, 4) is 11.1 Å². The fourth-order valence-electron chi connectivity index (χ4n) is 1.61. The molecular weight excluding hydrogens is 240 g/mol. The van der Waals surface area contributed by atoms with Crippen LogP contribution in [0.25, 0.3) is 11.1 Å². The predicted octanol–water partition coefficient (Wildman–Crippen LogP) is 2.70. The molecule has 0 aliphatic carbocycles. The zero-order valence-electron chi connectivity index (χ0n) is 9.16. The first-order valence-corrected chi connectivity index (χ1v) is 5.33. The molecule has 1 aromatic carbocycles. The quantitative estimate of drug-likeness (QED) is 0.806. The van der Waals surface area contributed by atoms with E-state index in [1.807, 2.05) is 18.2 Å². The molecule has 2 rings (SSSR count). The Labute approximate surface area is 103 Å². The van der Waals surface area contributed by atoms with Gasteiger partial charge in [0.15, 0.2) is 0 Å². The molecule has 0 radical (unpaired) electrons. The number of carbonyl (C=O) groups is 1. The van der Waals surface area contributed by atoms with Gasteiger partial charge in [0.25, 0.3) is 0 Å². The molecule has 17 heavy (non-hydrogen) atoms. The van der Waals surface area contributed by atoms with E-state index in [1.54, 1.807) is 12.3 Å². The van der Waals surface area contributed by atoms with E-state index in [9.17, 15) is 4.79 Å². The molecule has 88 valence electrons. The largest absolute Gasteiger partial charge is 0.464 e. The first kappa shape index (κ1) is 11.5. The van der Waals surface area contributed by atoms with Crippen LogP contribution in [-0.4, -0.2) is 18.1 Å². The minimum absolute atomic E-state index is 0.238. The van der Waals surface area contributed by atoms with Crippen molar-refractivity contribution in [2.24, 2.45) is 0 Å². The number of ether oxygens (including phenoxy) is 1. The van der Waals surface area contributed by atoms with Crippen molar-refractivity contribution in [1.29, 1.82) is 0 Å². The van der Waals surface area contributed by atoms with Crippen LogP contribution in [0.3, 0.4) is 0 Å². The van der Waals surface area contributed by atoms with Crippen LogP contribution in [0.5, 0.6) is 0 Å². The molecule has 0 atom stereocenters. The SMILES string of the molecule is COC(=O)c1[nH]cc(-c2ccccc2Cl)c1N. The molecule has 0 unspecified atom stereocenters. The zero-order valence-corrected chi connectivity index (χ0v) is 9.91. The van der Waals surface area contributed by atoms with Gasteiger partial charge in [-0.15, -0.1) is 0 Å². The number of nitrogen functional groups attached to an aromatic ring is 1. The predicted molar refractivity (Wildman–Crippen MR) is 67.0 cm³/mol. The minimum Gasteiger partial charge on any atom is -0.464 e. The number of benzene rings is 1. The molecule has 1 aromatic heterocycles. The fourth-order valence-corrected chi connectivity index (χ4v) is 1.85. The summed E-state index contributed by atoms with van der Waals surface area (Å²) in [5.41, 5.74) is 7.93. The van der Waals surface area contributed by atoms with Crippen LogP contribution in [0.15, 0.2) is 30.5 Å². The first-order chi connectivity index (χ1) is 8.15. The molecule has 0 aliphatic heterocycles. The van der Waals surface area contributed by atoms with Crippen molar-refractivity contribution in [2.45, 2.75) is 0 Å². The van der Waals surface area contributed by atoms with Crippen LogP contribution in [0.2, 0.25) is 5.02 Å². The number of nitrogens with two attached hydrogens (primary N) is 1. The summed E-state index contributed by atoms with van der Waals surface area (Å²) in [4.78, 5) is 14.2. The summed E-state index contributed by atoms with van der Waals surface area (Å²) in [6.45, 7) is 0. The average molecular weight is 251 g/mol. The Hall–Kier alpha value is -1.94. The molecule has 0 spiro atoms. The highest BCUT2D eigenvalue weighted by Gasteiger charge is 2.17. The average Bonchev–Trinajstić information content (AvgIpc) is 2.71. The summed E-state index contributed by atoms with van der Waals surface area (Å²) in [6, 6.07) is 7.28. The van der Waals surface area contributed by atoms with Gasteiger partial charge in [0.05, 0.1) is 12.8 Å². The van der Waals surface area contributed by atoms with Gasteiger partial charge in [0, 0.05) is 22.3 Å². The number of carbonyl (C=O) groups excluding carboxylic acids is 1. The van der Waals surface area contributed by atoms with Gasteiger partial charge in [0.1, 0.15) is 5.69 Å². The lowest BCUT2D eigenvalue weighted by Crippen LogP contribution is -2.04. The maximum Gasteiger partial charge on any atom is 0.356 e. The molecule has 0 bridgehead atoms. The molecule has 0 fully saturated rings. The minimum atomic E-state index is -0.499. The maximum absolute atomic E-state index is 11.4. The number of halogens is 1. The van der Waals surface area contributed by atoms with Crippen LogP contribution < -0.4 is 5.73 Å². The molecule has 2 aromatic rings. The standard InChI is InChI=1S/C12H11ClN2O2/c1-17-12(16)11-10(14)8(6-15-11)7-4-2-3-5-9(7)13/h2-6,15H,14H2,1H3. The number of anilines is 1. The number of aromatic amines is 1. The highest BCUT2D eigenvalue weighted by molar-refractivity contribution is 6.33. The van der Waals surface area contributed by atoms with E-state index in [2.05, 4.69) is 9.72 Å². The van der Waals surface area contributed by atoms with Crippen molar-refractivity contribution in [2.75, 3.05) is 12.8 Å². The number of H-pyrrole nitrogens is 1. The molecule has 0 saturated heterocycles. The summed E-state index contributed by atoms with van der Waals surface area (Å²) < 4.78 is 4.61. The maximum atomic E-state index is 11.4. The van der Waals surface area contributed by atoms with Gasteiger partial charge >= 0.3 is 5.97 Å². The van der Waals surface area contributed by atoms with Gasteiger partial charge in [-0.05, 0) is 6.07 Å². The molecule has 3 N–H and O–H groups in total. The summed E-state index contributed by atoms with van der Waals surface area (Å²) in [6.07, 6.45) is 1.64. The highest BCUT2D eigenvalue weighted by atomic mass is 35.5. The van der Waals surface area contributed by atoms with Crippen LogP contribution in [-0.2, 0) is 4.74 Å². The Morgan fingerprint density at radius 3 is 2.71 bits per heavy atom. The summed E-state index contributed by atoms with van der Waals surface area (Å²) >= 11 is 6.07. The third-order valence-corrected chi connectivity index (χ3v) is 2.80. The number of methoxy groups -OCH3 is 1. The third-order valence-electron chi connectivity index (χ3n) is 2.47. The second-order valence-corrected chi connectivity index (χ2v) is 3.87. The van der Waals surface area contributed by atoms with Crippen LogP contribution in [0, 0.1) is 0 Å². The zero-order chi connectivity index (χ0) is 12.4. The van der Waals surface area contributed by atoms with Crippen molar-refractivity contribution in [3.05, 3.63) is 41.2 Å². The van der Waals surface area contributed by atoms with Crippen molar-refractivity contribution in [3.63, 3.8) is 0 Å². The Bertz CT molecular complexity index is 563. The van der Waals surface area contributed by atoms with Gasteiger partial charge in [-0.1, -0.05) is 29.8 Å². The lowest BCUT2D eigenvalue weighted by Gasteiger charge is -2.03. The number of hydrogen-bond donors (Lipinski definition) is 2.